The van der Waals surface area contributed by atoms with Crippen molar-refractivity contribution in [2.45, 2.75) is 258 Å². The van der Waals surface area contributed by atoms with Crippen molar-refractivity contribution in [3.05, 3.63) is 0 Å². The van der Waals surface area contributed by atoms with E-state index in [1.54, 1.807) is 0 Å². The van der Waals surface area contributed by atoms with E-state index in [-0.39, 0.29) is 11.9 Å². The van der Waals surface area contributed by atoms with Crippen molar-refractivity contribution in [3.8, 4) is 0 Å². The fraction of sp³-hybridized carbons (Fsp3) is 0.960. The number of esters is 1. The topological polar surface area (TPSA) is 59.1 Å². The predicted molar refractivity (Wildman–Crippen MR) is 244 cm³/mol. The lowest BCUT2D eigenvalue weighted by molar-refractivity contribution is -0.149. The Kier molecular flexibility index (Phi) is 44.0. The van der Waals surface area contributed by atoms with Gasteiger partial charge in [0.1, 0.15) is 0 Å². The second-order valence-electron chi connectivity index (χ2n) is 17.7. The first-order valence-corrected chi connectivity index (χ1v) is 25.1. The molecule has 0 heterocycles. The summed E-state index contributed by atoms with van der Waals surface area (Å²) < 4.78 is 10.7. The molecule has 0 fully saturated rings. The molecule has 0 spiro atoms. The lowest BCUT2D eigenvalue weighted by Crippen LogP contribution is -2.38. The zero-order chi connectivity index (χ0) is 41.0. The lowest BCUT2D eigenvalue weighted by Gasteiger charge is -2.33. The monoisotopic (exact) mass is 793 g/mol. The van der Waals surface area contributed by atoms with Crippen LogP contribution in [-0.2, 0) is 19.1 Å². The molecular weight excluding hydrogens is 693 g/mol. The normalized spacial score (nSPS) is 12.8. The average Bonchev–Trinajstić information content (AvgIpc) is 3.19. The molecule has 6 heteroatoms. The molecule has 0 bridgehead atoms. The average molecular weight is 793 g/mol. The van der Waals surface area contributed by atoms with Gasteiger partial charge < -0.3 is 19.3 Å². The number of hydrogen-bond acceptors (Lipinski definition) is 6. The maximum absolute atomic E-state index is 13.0. The Hall–Kier alpha value is -1.14. The molecule has 2 unspecified atom stereocenters. The molecule has 0 amide bonds. The van der Waals surface area contributed by atoms with Crippen molar-refractivity contribution >= 4 is 12.4 Å². The number of ether oxygens (including phenoxy) is 2. The first-order valence-electron chi connectivity index (χ1n) is 25.1. The molecule has 0 rings (SSSR count). The Labute approximate surface area is 351 Å². The van der Waals surface area contributed by atoms with E-state index in [0.717, 1.165) is 31.7 Å². The molecule has 0 aromatic carbocycles. The molecule has 0 radical (unpaired) electrons. The SMILES string of the molecule is CCCCCCCCCN(CCCN(C)C)C(CCCCCCCCCOC=O)CCCCCCCCCOC(=O)C(CCCCCC)CCCCCCCC. The maximum Gasteiger partial charge on any atom is 0.308 e. The fourth-order valence-corrected chi connectivity index (χ4v) is 8.37. The van der Waals surface area contributed by atoms with Crippen molar-refractivity contribution in [1.82, 2.24) is 9.80 Å². The molecule has 2 atom stereocenters. The Balaban J connectivity index is 4.70. The van der Waals surface area contributed by atoms with Crippen molar-refractivity contribution in [2.24, 2.45) is 5.92 Å². The molecular formula is C50H100N2O4. The zero-order valence-electron chi connectivity index (χ0n) is 38.8. The molecule has 0 aliphatic rings. The second kappa shape index (κ2) is 45.0. The number of carbonyl (C=O) groups is 2. The third-order valence-electron chi connectivity index (χ3n) is 12.1. The van der Waals surface area contributed by atoms with Crippen LogP contribution in [0.15, 0.2) is 0 Å². The first-order chi connectivity index (χ1) is 27.5. The molecule has 0 saturated carbocycles. The summed E-state index contributed by atoms with van der Waals surface area (Å²) in [5.41, 5.74) is 0. The Morgan fingerprint density at radius 2 is 0.821 bits per heavy atom. The van der Waals surface area contributed by atoms with Gasteiger partial charge in [-0.15, -0.1) is 0 Å². The van der Waals surface area contributed by atoms with Crippen LogP contribution >= 0.6 is 0 Å². The minimum absolute atomic E-state index is 0.0882. The number of unbranched alkanes of at least 4 members (excludes halogenated alkanes) is 26. The van der Waals surface area contributed by atoms with Crippen molar-refractivity contribution in [3.63, 3.8) is 0 Å². The zero-order valence-corrected chi connectivity index (χ0v) is 38.8. The van der Waals surface area contributed by atoms with E-state index in [1.165, 1.54) is 225 Å². The highest BCUT2D eigenvalue weighted by Gasteiger charge is 2.20. The van der Waals surface area contributed by atoms with E-state index >= 15 is 0 Å². The van der Waals surface area contributed by atoms with Crippen LogP contribution in [0.25, 0.3) is 0 Å². The number of nitrogens with zero attached hydrogens (tertiary/aromatic N) is 2. The van der Waals surface area contributed by atoms with E-state index in [0.29, 0.717) is 19.7 Å². The quantitative estimate of drug-likeness (QED) is 0.0347. The summed E-state index contributed by atoms with van der Waals surface area (Å²) in [6.07, 6.45) is 45.9. The lowest BCUT2D eigenvalue weighted by atomic mass is 9.94. The summed E-state index contributed by atoms with van der Waals surface area (Å²) in [7, 11) is 4.42. The molecule has 6 nitrogen and oxygen atoms in total. The molecule has 0 aromatic heterocycles. The highest BCUT2D eigenvalue weighted by molar-refractivity contribution is 5.72. The minimum atomic E-state index is 0.0882. The van der Waals surface area contributed by atoms with Gasteiger partial charge in [0.15, 0.2) is 0 Å². The van der Waals surface area contributed by atoms with E-state index in [1.807, 2.05) is 0 Å². The first kappa shape index (κ1) is 54.9. The van der Waals surface area contributed by atoms with Crippen molar-refractivity contribution < 1.29 is 19.1 Å². The number of carbonyl (C=O) groups excluding carboxylic acids is 2. The van der Waals surface area contributed by atoms with Gasteiger partial charge in [-0.2, -0.15) is 0 Å². The number of hydrogen-bond donors (Lipinski definition) is 0. The third-order valence-corrected chi connectivity index (χ3v) is 12.1. The Morgan fingerprint density at radius 3 is 1.29 bits per heavy atom. The highest BCUT2D eigenvalue weighted by Crippen LogP contribution is 2.23. The number of rotatable bonds is 47. The Bertz CT molecular complexity index is 793. The second-order valence-corrected chi connectivity index (χ2v) is 17.7. The van der Waals surface area contributed by atoms with Crippen LogP contribution in [-0.4, -0.2) is 75.2 Å². The van der Waals surface area contributed by atoms with Crippen LogP contribution in [0.5, 0.6) is 0 Å². The standard InChI is InChI=1S/C50H100N2O4/c1-6-9-12-15-21-27-34-43-52(44-37-42-51(4)5)49(40-32-25-19-17-22-28-35-45-55-47-53)41-33-26-20-18-23-29-36-46-56-50(54)48(38-30-14-11-8-3)39-31-24-16-13-10-7-2/h47-49H,6-46H2,1-5H3. The van der Waals surface area contributed by atoms with Crippen LogP contribution in [0.3, 0.4) is 0 Å². The fourth-order valence-electron chi connectivity index (χ4n) is 8.37. The molecule has 0 aromatic rings. The predicted octanol–water partition coefficient (Wildman–Crippen LogP) is 14.7. The van der Waals surface area contributed by atoms with Gasteiger partial charge in [0.25, 0.3) is 6.47 Å². The van der Waals surface area contributed by atoms with Gasteiger partial charge in [-0.3, -0.25) is 9.59 Å². The van der Waals surface area contributed by atoms with Crippen LogP contribution in [0.4, 0.5) is 0 Å². The summed E-state index contributed by atoms with van der Waals surface area (Å²) in [6.45, 7) is 12.3. The van der Waals surface area contributed by atoms with Crippen molar-refractivity contribution in [1.29, 1.82) is 0 Å². The van der Waals surface area contributed by atoms with Gasteiger partial charge in [-0.05, 0) is 85.1 Å². The molecule has 56 heavy (non-hydrogen) atoms. The molecule has 0 N–H and O–H groups in total. The van der Waals surface area contributed by atoms with Crippen LogP contribution in [0.2, 0.25) is 0 Å². The van der Waals surface area contributed by atoms with Crippen LogP contribution in [0, 0.1) is 5.92 Å². The molecule has 0 aliphatic carbocycles. The van der Waals surface area contributed by atoms with E-state index in [4.69, 9.17) is 9.47 Å². The van der Waals surface area contributed by atoms with Crippen LogP contribution in [0.1, 0.15) is 252 Å². The Morgan fingerprint density at radius 1 is 0.446 bits per heavy atom. The smallest absolute Gasteiger partial charge is 0.308 e. The highest BCUT2D eigenvalue weighted by atomic mass is 16.5. The van der Waals surface area contributed by atoms with Crippen LogP contribution < -0.4 is 0 Å². The summed E-state index contributed by atoms with van der Waals surface area (Å²) in [5.74, 6) is 0.207. The largest absolute Gasteiger partial charge is 0.468 e. The van der Waals surface area contributed by atoms with Gasteiger partial charge >= 0.3 is 5.97 Å². The minimum Gasteiger partial charge on any atom is -0.468 e. The van der Waals surface area contributed by atoms with Gasteiger partial charge in [0, 0.05) is 6.04 Å². The van der Waals surface area contributed by atoms with Crippen molar-refractivity contribution in [2.75, 3.05) is 46.9 Å². The van der Waals surface area contributed by atoms with E-state index in [2.05, 4.69) is 44.7 Å². The summed E-state index contributed by atoms with van der Waals surface area (Å²) >= 11 is 0. The summed E-state index contributed by atoms with van der Waals surface area (Å²) in [4.78, 5) is 28.6. The third kappa shape index (κ3) is 38.4. The summed E-state index contributed by atoms with van der Waals surface area (Å²) in [5, 5.41) is 0. The molecule has 334 valence electrons. The summed E-state index contributed by atoms with van der Waals surface area (Å²) in [6, 6.07) is 0.726. The van der Waals surface area contributed by atoms with Gasteiger partial charge in [0.05, 0.1) is 19.1 Å². The molecule has 0 aliphatic heterocycles. The van der Waals surface area contributed by atoms with Gasteiger partial charge in [0.2, 0.25) is 0 Å². The van der Waals surface area contributed by atoms with E-state index < -0.39 is 0 Å². The van der Waals surface area contributed by atoms with Gasteiger partial charge in [-0.1, -0.05) is 201 Å². The molecule has 0 saturated heterocycles. The van der Waals surface area contributed by atoms with E-state index in [9.17, 15) is 9.59 Å². The maximum atomic E-state index is 13.0. The van der Waals surface area contributed by atoms with Gasteiger partial charge in [-0.25, -0.2) is 0 Å².